The minimum atomic E-state index is -4.52. The van der Waals surface area contributed by atoms with Crippen molar-refractivity contribution >= 4 is 45.9 Å². The number of amides is 1. The quantitative estimate of drug-likeness (QED) is 0.287. The molecule has 3 nitrogen and oxygen atoms in total. The average molecular weight is 489 g/mol. The Bertz CT molecular complexity index is 1300. The summed E-state index contributed by atoms with van der Waals surface area (Å²) in [6, 6.07) is 19.1. The standard InChI is InChI=1S/C25H20ClF3N2OS/c1-16-6-8-17(9-7-16)13-31-14-23(19-4-2-3-5-22(19)31)33-15-24(32)30-21-12-18(25(27,28)29)10-11-20(21)26/h2-12,14H,13,15H2,1H3,(H,30,32). The van der Waals surface area contributed by atoms with Crippen LogP contribution in [0.25, 0.3) is 10.9 Å². The molecule has 0 aliphatic heterocycles. The molecule has 33 heavy (non-hydrogen) atoms. The molecule has 0 spiro atoms. The number of benzene rings is 3. The summed E-state index contributed by atoms with van der Waals surface area (Å²) in [7, 11) is 0. The van der Waals surface area contributed by atoms with Crippen molar-refractivity contribution in [2.75, 3.05) is 11.1 Å². The second-order valence-corrected chi connectivity index (χ2v) is 9.08. The van der Waals surface area contributed by atoms with E-state index in [1.165, 1.54) is 17.3 Å². The van der Waals surface area contributed by atoms with Gasteiger partial charge in [-0.1, -0.05) is 59.6 Å². The smallest absolute Gasteiger partial charge is 0.342 e. The van der Waals surface area contributed by atoms with E-state index in [0.717, 1.165) is 39.6 Å². The van der Waals surface area contributed by atoms with Crippen LogP contribution in [0.15, 0.2) is 77.8 Å². The van der Waals surface area contributed by atoms with E-state index >= 15 is 0 Å². The maximum atomic E-state index is 13.0. The van der Waals surface area contributed by atoms with Crippen LogP contribution in [-0.2, 0) is 17.5 Å². The second-order valence-electron chi connectivity index (χ2n) is 7.65. The fourth-order valence-electron chi connectivity index (χ4n) is 3.48. The lowest BCUT2D eigenvalue weighted by molar-refractivity contribution is -0.137. The van der Waals surface area contributed by atoms with E-state index in [9.17, 15) is 18.0 Å². The first-order valence-corrected chi connectivity index (χ1v) is 11.5. The van der Waals surface area contributed by atoms with Crippen molar-refractivity contribution in [1.82, 2.24) is 4.57 Å². The molecule has 4 rings (SSSR count). The molecule has 0 radical (unpaired) electrons. The SMILES string of the molecule is Cc1ccc(Cn2cc(SCC(=O)Nc3cc(C(F)(F)F)ccc3Cl)c3ccccc32)cc1. The summed E-state index contributed by atoms with van der Waals surface area (Å²) in [6.07, 6.45) is -2.52. The molecule has 0 aliphatic rings. The molecule has 4 aromatic rings. The number of alkyl halides is 3. The zero-order valence-corrected chi connectivity index (χ0v) is 19.2. The number of aromatic nitrogens is 1. The number of hydrogen-bond donors (Lipinski definition) is 1. The number of fused-ring (bicyclic) bond motifs is 1. The predicted molar refractivity (Wildman–Crippen MR) is 128 cm³/mol. The molecule has 8 heteroatoms. The number of halogens is 4. The van der Waals surface area contributed by atoms with E-state index in [4.69, 9.17) is 11.6 Å². The Labute approximate surface area is 198 Å². The van der Waals surface area contributed by atoms with Gasteiger partial charge >= 0.3 is 6.18 Å². The third-order valence-corrected chi connectivity index (χ3v) is 6.52. The predicted octanol–water partition coefficient (Wildman–Crippen LogP) is 7.40. The van der Waals surface area contributed by atoms with Crippen LogP contribution in [0, 0.1) is 6.92 Å². The van der Waals surface area contributed by atoms with E-state index in [0.29, 0.717) is 6.54 Å². The van der Waals surface area contributed by atoms with Gasteiger partial charge in [-0.3, -0.25) is 4.79 Å². The number of para-hydroxylation sites is 1. The summed E-state index contributed by atoms with van der Waals surface area (Å²) in [4.78, 5) is 13.4. The highest BCUT2D eigenvalue weighted by Crippen LogP contribution is 2.34. The third-order valence-electron chi connectivity index (χ3n) is 5.15. The van der Waals surface area contributed by atoms with Crippen LogP contribution in [0.2, 0.25) is 5.02 Å². The Balaban J connectivity index is 1.49. The first kappa shape index (κ1) is 23.3. The number of thioether (sulfide) groups is 1. The minimum Gasteiger partial charge on any atom is -0.342 e. The number of carbonyl (C=O) groups excluding carboxylic acids is 1. The molecule has 170 valence electrons. The number of anilines is 1. The lowest BCUT2D eigenvalue weighted by Crippen LogP contribution is -2.15. The monoisotopic (exact) mass is 488 g/mol. The van der Waals surface area contributed by atoms with Gasteiger partial charge in [-0.15, -0.1) is 11.8 Å². The highest BCUT2D eigenvalue weighted by atomic mass is 35.5. The minimum absolute atomic E-state index is 0.0329. The maximum absolute atomic E-state index is 13.0. The molecule has 1 heterocycles. The fraction of sp³-hybridized carbons (Fsp3) is 0.160. The van der Waals surface area contributed by atoms with Gasteiger partial charge in [-0.05, 0) is 36.8 Å². The third kappa shape index (κ3) is 5.54. The molecule has 0 saturated heterocycles. The van der Waals surface area contributed by atoms with Crippen LogP contribution in [0.1, 0.15) is 16.7 Å². The first-order chi connectivity index (χ1) is 15.7. The van der Waals surface area contributed by atoms with Crippen LogP contribution in [0.3, 0.4) is 0 Å². The van der Waals surface area contributed by atoms with Crippen LogP contribution >= 0.6 is 23.4 Å². The van der Waals surface area contributed by atoms with Gasteiger partial charge in [0, 0.05) is 28.5 Å². The van der Waals surface area contributed by atoms with Gasteiger partial charge in [0.15, 0.2) is 0 Å². The number of aryl methyl sites for hydroxylation is 1. The molecular formula is C25H20ClF3N2OS. The van der Waals surface area contributed by atoms with Crippen molar-refractivity contribution < 1.29 is 18.0 Å². The van der Waals surface area contributed by atoms with Gasteiger partial charge in [-0.25, -0.2) is 0 Å². The van der Waals surface area contributed by atoms with Crippen LogP contribution in [0.4, 0.5) is 18.9 Å². The molecular weight excluding hydrogens is 469 g/mol. The zero-order chi connectivity index (χ0) is 23.6. The summed E-state index contributed by atoms with van der Waals surface area (Å²) in [5.41, 5.74) is 2.48. The Morgan fingerprint density at radius 2 is 1.79 bits per heavy atom. The molecule has 0 bridgehead atoms. The molecule has 1 N–H and O–H groups in total. The topological polar surface area (TPSA) is 34.0 Å². The van der Waals surface area contributed by atoms with Crippen LogP contribution < -0.4 is 5.32 Å². The maximum Gasteiger partial charge on any atom is 0.416 e. The van der Waals surface area contributed by atoms with Gasteiger partial charge in [-0.2, -0.15) is 13.2 Å². The van der Waals surface area contributed by atoms with Crippen LogP contribution in [-0.4, -0.2) is 16.2 Å². The lowest BCUT2D eigenvalue weighted by Gasteiger charge is -2.11. The van der Waals surface area contributed by atoms with E-state index < -0.39 is 17.6 Å². The van der Waals surface area contributed by atoms with Crippen molar-refractivity contribution in [3.05, 3.63) is 94.6 Å². The molecule has 1 amide bonds. The lowest BCUT2D eigenvalue weighted by atomic mass is 10.1. The highest BCUT2D eigenvalue weighted by Gasteiger charge is 2.31. The Hall–Kier alpha value is -2.90. The molecule has 0 saturated carbocycles. The highest BCUT2D eigenvalue weighted by molar-refractivity contribution is 8.00. The molecule has 3 aromatic carbocycles. The number of nitrogens with zero attached hydrogens (tertiary/aromatic N) is 1. The molecule has 0 atom stereocenters. The summed E-state index contributed by atoms with van der Waals surface area (Å²) in [5, 5.41) is 3.56. The summed E-state index contributed by atoms with van der Waals surface area (Å²) in [5.74, 6) is -0.401. The summed E-state index contributed by atoms with van der Waals surface area (Å²) < 4.78 is 41.0. The zero-order valence-electron chi connectivity index (χ0n) is 17.6. The van der Waals surface area contributed by atoms with Crippen molar-refractivity contribution in [2.45, 2.75) is 24.5 Å². The first-order valence-electron chi connectivity index (χ1n) is 10.1. The molecule has 1 aromatic heterocycles. The molecule has 0 unspecified atom stereocenters. The van der Waals surface area contributed by atoms with E-state index in [-0.39, 0.29) is 16.5 Å². The van der Waals surface area contributed by atoms with E-state index in [1.807, 2.05) is 37.4 Å². The summed E-state index contributed by atoms with van der Waals surface area (Å²) >= 11 is 7.31. The van der Waals surface area contributed by atoms with Crippen molar-refractivity contribution in [2.24, 2.45) is 0 Å². The fourth-order valence-corrected chi connectivity index (χ4v) is 4.53. The number of rotatable bonds is 6. The van der Waals surface area contributed by atoms with Gasteiger partial charge in [0.2, 0.25) is 5.91 Å². The molecule has 0 fully saturated rings. The van der Waals surface area contributed by atoms with Crippen molar-refractivity contribution in [1.29, 1.82) is 0 Å². The number of nitrogens with one attached hydrogen (secondary N) is 1. The normalized spacial score (nSPS) is 11.7. The Kier molecular flexibility index (Phi) is 6.72. The van der Waals surface area contributed by atoms with Gasteiger partial charge in [0.25, 0.3) is 0 Å². The van der Waals surface area contributed by atoms with Gasteiger partial charge < -0.3 is 9.88 Å². The Morgan fingerprint density at radius 3 is 2.52 bits per heavy atom. The largest absolute Gasteiger partial charge is 0.416 e. The number of hydrogen-bond acceptors (Lipinski definition) is 2. The van der Waals surface area contributed by atoms with E-state index in [1.54, 1.807) is 0 Å². The average Bonchev–Trinajstić information content (AvgIpc) is 3.12. The molecule has 0 aliphatic carbocycles. The van der Waals surface area contributed by atoms with Crippen molar-refractivity contribution in [3.8, 4) is 0 Å². The van der Waals surface area contributed by atoms with Gasteiger partial charge in [0.1, 0.15) is 0 Å². The van der Waals surface area contributed by atoms with E-state index in [2.05, 4.69) is 34.1 Å². The second kappa shape index (κ2) is 9.53. The number of carbonyl (C=O) groups is 1. The van der Waals surface area contributed by atoms with Crippen LogP contribution in [0.5, 0.6) is 0 Å². The van der Waals surface area contributed by atoms with Crippen molar-refractivity contribution in [3.63, 3.8) is 0 Å². The summed E-state index contributed by atoms with van der Waals surface area (Å²) in [6.45, 7) is 2.73. The van der Waals surface area contributed by atoms with Gasteiger partial charge in [0.05, 0.1) is 22.0 Å². The Morgan fingerprint density at radius 1 is 1.06 bits per heavy atom.